The fourth-order valence-corrected chi connectivity index (χ4v) is 3.04. The summed E-state index contributed by atoms with van der Waals surface area (Å²) in [5.74, 6) is -0.373. The zero-order valence-electron chi connectivity index (χ0n) is 16.2. The largest absolute Gasteiger partial charge is 0.450 e. The third kappa shape index (κ3) is 5.68. The molecular formula is C19H28N4O4. The molecule has 1 N–H and O–H groups in total. The molecule has 1 aliphatic rings. The molecule has 1 aromatic rings. The number of hydrogen-bond donors (Lipinski definition) is 1. The quantitative estimate of drug-likeness (QED) is 0.791. The average Bonchev–Trinajstić information content (AvgIpc) is 2.67. The van der Waals surface area contributed by atoms with Crippen molar-refractivity contribution in [2.45, 2.75) is 13.0 Å². The molecule has 1 aromatic carbocycles. The van der Waals surface area contributed by atoms with Gasteiger partial charge in [-0.3, -0.25) is 14.5 Å². The van der Waals surface area contributed by atoms with Crippen LogP contribution in [0.15, 0.2) is 30.3 Å². The first kappa shape index (κ1) is 20.7. The number of ether oxygens (including phenoxy) is 1. The highest BCUT2D eigenvalue weighted by molar-refractivity contribution is 5.88. The van der Waals surface area contributed by atoms with Gasteiger partial charge >= 0.3 is 6.09 Å². The first-order valence-electron chi connectivity index (χ1n) is 9.12. The Kier molecular flexibility index (Phi) is 7.60. The van der Waals surface area contributed by atoms with Crippen LogP contribution in [0.3, 0.4) is 0 Å². The Morgan fingerprint density at radius 2 is 1.67 bits per heavy atom. The second-order valence-electron chi connectivity index (χ2n) is 6.56. The molecule has 0 aliphatic carbocycles. The number of carbonyl (C=O) groups is 3. The Bertz CT molecular complexity index is 642. The minimum atomic E-state index is -0.459. The summed E-state index contributed by atoms with van der Waals surface area (Å²) in [5, 5.41) is 2.74. The summed E-state index contributed by atoms with van der Waals surface area (Å²) in [6, 6.07) is 8.98. The number of benzene rings is 1. The number of carbonyl (C=O) groups excluding carboxylic acids is 3. The lowest BCUT2D eigenvalue weighted by molar-refractivity contribution is -0.135. The van der Waals surface area contributed by atoms with Crippen molar-refractivity contribution < 1.29 is 19.1 Å². The Morgan fingerprint density at radius 1 is 1.07 bits per heavy atom. The fraction of sp³-hybridized carbons (Fsp3) is 0.526. The number of amides is 3. The maximum Gasteiger partial charge on any atom is 0.409 e. The van der Waals surface area contributed by atoms with E-state index in [1.165, 1.54) is 0 Å². The number of rotatable bonds is 6. The smallest absolute Gasteiger partial charge is 0.409 e. The van der Waals surface area contributed by atoms with E-state index < -0.39 is 6.04 Å². The van der Waals surface area contributed by atoms with Gasteiger partial charge in [0.25, 0.3) is 0 Å². The number of likely N-dealkylation sites (N-methyl/N-ethyl adjacent to an activating group) is 1. The minimum Gasteiger partial charge on any atom is -0.450 e. The number of nitrogens with zero attached hydrogens (tertiary/aromatic N) is 3. The highest BCUT2D eigenvalue weighted by Crippen LogP contribution is 2.17. The molecule has 0 bridgehead atoms. The fourth-order valence-electron chi connectivity index (χ4n) is 3.04. The van der Waals surface area contributed by atoms with Crippen molar-refractivity contribution in [2.75, 3.05) is 53.4 Å². The SMILES string of the molecule is CCOC(=O)N1CCN(C(=O)CNC(=O)C(c2ccccc2)N(C)C)CC1. The molecule has 3 amide bonds. The molecule has 0 saturated carbocycles. The summed E-state index contributed by atoms with van der Waals surface area (Å²) in [6.45, 7) is 3.77. The van der Waals surface area contributed by atoms with Crippen LogP contribution in [-0.4, -0.2) is 86.0 Å². The number of nitrogens with one attached hydrogen (secondary N) is 1. The molecule has 148 valence electrons. The van der Waals surface area contributed by atoms with Gasteiger partial charge in [0.05, 0.1) is 13.2 Å². The highest BCUT2D eigenvalue weighted by atomic mass is 16.6. The molecule has 1 heterocycles. The molecule has 1 unspecified atom stereocenters. The maximum atomic E-state index is 12.6. The summed E-state index contributed by atoms with van der Waals surface area (Å²) >= 11 is 0. The van der Waals surface area contributed by atoms with E-state index in [0.29, 0.717) is 32.8 Å². The van der Waals surface area contributed by atoms with Crippen LogP contribution in [0.25, 0.3) is 0 Å². The van der Waals surface area contributed by atoms with Gasteiger partial charge in [0.1, 0.15) is 6.04 Å². The van der Waals surface area contributed by atoms with E-state index in [9.17, 15) is 14.4 Å². The molecular weight excluding hydrogens is 348 g/mol. The zero-order valence-corrected chi connectivity index (χ0v) is 16.2. The molecule has 2 rings (SSSR count). The van der Waals surface area contributed by atoms with E-state index in [1.54, 1.807) is 16.7 Å². The normalized spacial score (nSPS) is 15.4. The molecule has 0 aromatic heterocycles. The van der Waals surface area contributed by atoms with Crippen molar-refractivity contribution in [3.63, 3.8) is 0 Å². The third-order valence-corrected chi connectivity index (χ3v) is 4.45. The summed E-state index contributed by atoms with van der Waals surface area (Å²) in [4.78, 5) is 41.7. The summed E-state index contributed by atoms with van der Waals surface area (Å²) in [5.41, 5.74) is 0.871. The minimum absolute atomic E-state index is 0.0601. The Hall–Kier alpha value is -2.61. The highest BCUT2D eigenvalue weighted by Gasteiger charge is 2.27. The van der Waals surface area contributed by atoms with Gasteiger partial charge < -0.3 is 19.9 Å². The van der Waals surface area contributed by atoms with Crippen molar-refractivity contribution in [1.82, 2.24) is 20.0 Å². The van der Waals surface area contributed by atoms with Crippen molar-refractivity contribution in [3.05, 3.63) is 35.9 Å². The van der Waals surface area contributed by atoms with Crippen LogP contribution in [-0.2, 0) is 14.3 Å². The Balaban J connectivity index is 1.84. The lowest BCUT2D eigenvalue weighted by atomic mass is 10.1. The van der Waals surface area contributed by atoms with Gasteiger partial charge in [-0.2, -0.15) is 0 Å². The zero-order chi connectivity index (χ0) is 19.8. The molecule has 0 spiro atoms. The first-order valence-corrected chi connectivity index (χ1v) is 9.12. The standard InChI is InChI=1S/C19H28N4O4/c1-4-27-19(26)23-12-10-22(11-13-23)16(24)14-20-18(25)17(21(2)3)15-8-6-5-7-9-15/h5-9,17H,4,10-14H2,1-3H3,(H,20,25). The summed E-state index contributed by atoms with van der Waals surface area (Å²) < 4.78 is 4.97. The van der Waals surface area contributed by atoms with E-state index in [-0.39, 0.29) is 24.5 Å². The molecule has 8 nitrogen and oxygen atoms in total. The Labute approximate surface area is 160 Å². The first-order chi connectivity index (χ1) is 12.9. The van der Waals surface area contributed by atoms with Crippen LogP contribution in [0.5, 0.6) is 0 Å². The summed E-state index contributed by atoms with van der Waals surface area (Å²) in [6.07, 6.45) is -0.352. The topological polar surface area (TPSA) is 82.2 Å². The van der Waals surface area contributed by atoms with Crippen molar-refractivity contribution >= 4 is 17.9 Å². The molecule has 1 fully saturated rings. The predicted molar refractivity (Wildman–Crippen MR) is 101 cm³/mol. The van der Waals surface area contributed by atoms with Crippen LogP contribution < -0.4 is 5.32 Å². The van der Waals surface area contributed by atoms with E-state index in [1.807, 2.05) is 49.3 Å². The monoisotopic (exact) mass is 376 g/mol. The van der Waals surface area contributed by atoms with E-state index in [2.05, 4.69) is 5.32 Å². The van der Waals surface area contributed by atoms with Crippen molar-refractivity contribution in [3.8, 4) is 0 Å². The molecule has 8 heteroatoms. The molecule has 1 atom stereocenters. The lowest BCUT2D eigenvalue weighted by Gasteiger charge is -2.34. The van der Waals surface area contributed by atoms with Crippen LogP contribution in [0.4, 0.5) is 4.79 Å². The van der Waals surface area contributed by atoms with Gasteiger partial charge in [-0.25, -0.2) is 4.79 Å². The van der Waals surface area contributed by atoms with Gasteiger partial charge in [-0.05, 0) is 26.6 Å². The van der Waals surface area contributed by atoms with Crippen molar-refractivity contribution in [2.24, 2.45) is 0 Å². The van der Waals surface area contributed by atoms with Crippen LogP contribution in [0.1, 0.15) is 18.5 Å². The number of piperazine rings is 1. The van der Waals surface area contributed by atoms with E-state index in [4.69, 9.17) is 4.74 Å². The second kappa shape index (κ2) is 9.91. The average molecular weight is 376 g/mol. The molecule has 0 radical (unpaired) electrons. The maximum absolute atomic E-state index is 12.6. The lowest BCUT2D eigenvalue weighted by Crippen LogP contribution is -2.53. The molecule has 1 saturated heterocycles. The van der Waals surface area contributed by atoms with Crippen LogP contribution in [0.2, 0.25) is 0 Å². The van der Waals surface area contributed by atoms with E-state index in [0.717, 1.165) is 5.56 Å². The second-order valence-corrected chi connectivity index (χ2v) is 6.56. The van der Waals surface area contributed by atoms with Gasteiger partial charge in [-0.1, -0.05) is 30.3 Å². The van der Waals surface area contributed by atoms with Gasteiger partial charge in [0.2, 0.25) is 11.8 Å². The van der Waals surface area contributed by atoms with Gasteiger partial charge in [0.15, 0.2) is 0 Å². The molecule has 27 heavy (non-hydrogen) atoms. The predicted octanol–water partition coefficient (Wildman–Crippen LogP) is 0.706. The van der Waals surface area contributed by atoms with Gasteiger partial charge in [0, 0.05) is 26.2 Å². The third-order valence-electron chi connectivity index (χ3n) is 4.45. The van der Waals surface area contributed by atoms with Crippen LogP contribution in [0, 0.1) is 0 Å². The van der Waals surface area contributed by atoms with Gasteiger partial charge in [-0.15, -0.1) is 0 Å². The van der Waals surface area contributed by atoms with E-state index >= 15 is 0 Å². The number of hydrogen-bond acceptors (Lipinski definition) is 5. The molecule has 1 aliphatic heterocycles. The van der Waals surface area contributed by atoms with Crippen molar-refractivity contribution in [1.29, 1.82) is 0 Å². The van der Waals surface area contributed by atoms with Crippen LogP contribution >= 0.6 is 0 Å². The Morgan fingerprint density at radius 3 is 2.22 bits per heavy atom. The summed E-state index contributed by atoms with van der Waals surface area (Å²) in [7, 11) is 3.65.